The molecule has 0 unspecified atom stereocenters. The van der Waals surface area contributed by atoms with Gasteiger partial charge >= 0.3 is 11.9 Å². The number of carboxylic acid groups (broad SMARTS) is 2. The summed E-state index contributed by atoms with van der Waals surface area (Å²) in [5, 5.41) is 16.7. The van der Waals surface area contributed by atoms with Gasteiger partial charge in [0.2, 0.25) is 0 Å². The number of hydrogen-bond acceptors (Lipinski definition) is 4. The SMILES string of the molecule is O=C(O)/C=C\C(=O)O.c1ncc2c[nH]cc2n1. The molecule has 0 saturated heterocycles. The summed E-state index contributed by atoms with van der Waals surface area (Å²) in [7, 11) is 0. The van der Waals surface area contributed by atoms with E-state index in [1.165, 1.54) is 6.33 Å². The summed E-state index contributed by atoms with van der Waals surface area (Å²) in [5.41, 5.74) is 0.963. The highest BCUT2D eigenvalue weighted by atomic mass is 16.4. The molecule has 0 aliphatic heterocycles. The quantitative estimate of drug-likeness (QED) is 0.658. The monoisotopic (exact) mass is 235 g/mol. The van der Waals surface area contributed by atoms with Gasteiger partial charge in [-0.15, -0.1) is 0 Å². The molecule has 0 radical (unpaired) electrons. The third kappa shape index (κ3) is 4.56. The number of aromatic amines is 1. The van der Waals surface area contributed by atoms with Crippen LogP contribution in [0, 0.1) is 0 Å². The van der Waals surface area contributed by atoms with Crippen molar-refractivity contribution < 1.29 is 19.8 Å². The van der Waals surface area contributed by atoms with Gasteiger partial charge in [-0.05, 0) is 0 Å². The highest BCUT2D eigenvalue weighted by Gasteiger charge is 1.89. The lowest BCUT2D eigenvalue weighted by molar-refractivity contribution is -0.134. The first-order valence-corrected chi connectivity index (χ1v) is 4.46. The van der Waals surface area contributed by atoms with Crippen molar-refractivity contribution >= 4 is 22.8 Å². The van der Waals surface area contributed by atoms with Crippen molar-refractivity contribution in [1.29, 1.82) is 0 Å². The van der Waals surface area contributed by atoms with Gasteiger partial charge < -0.3 is 15.2 Å². The van der Waals surface area contributed by atoms with Crippen LogP contribution < -0.4 is 0 Å². The zero-order chi connectivity index (χ0) is 12.7. The Bertz CT molecular complexity index is 501. The molecule has 88 valence electrons. The molecule has 2 aromatic rings. The second kappa shape index (κ2) is 6.01. The van der Waals surface area contributed by atoms with Crippen LogP contribution in [-0.4, -0.2) is 37.1 Å². The van der Waals surface area contributed by atoms with E-state index in [4.69, 9.17) is 10.2 Å². The number of H-pyrrole nitrogens is 1. The summed E-state index contributed by atoms with van der Waals surface area (Å²) < 4.78 is 0. The molecule has 0 amide bonds. The molecule has 0 atom stereocenters. The van der Waals surface area contributed by atoms with Crippen molar-refractivity contribution in [1.82, 2.24) is 15.0 Å². The lowest BCUT2D eigenvalue weighted by atomic mass is 10.4. The number of hydrogen-bond donors (Lipinski definition) is 3. The van der Waals surface area contributed by atoms with Crippen molar-refractivity contribution in [2.45, 2.75) is 0 Å². The first kappa shape index (κ1) is 12.4. The van der Waals surface area contributed by atoms with Crippen LogP contribution in [0.4, 0.5) is 0 Å². The molecule has 0 bridgehead atoms. The molecule has 3 N–H and O–H groups in total. The van der Waals surface area contributed by atoms with Gasteiger partial charge in [-0.25, -0.2) is 19.6 Å². The van der Waals surface area contributed by atoms with Crippen LogP contribution in [0.15, 0.2) is 37.1 Å². The van der Waals surface area contributed by atoms with Crippen molar-refractivity contribution in [2.24, 2.45) is 0 Å². The Morgan fingerprint density at radius 1 is 1.18 bits per heavy atom. The minimum absolute atomic E-state index is 0.558. The predicted molar refractivity (Wildman–Crippen MR) is 58.3 cm³/mol. The fraction of sp³-hybridized carbons (Fsp3) is 0. The molecule has 2 aromatic heterocycles. The summed E-state index contributed by atoms with van der Waals surface area (Å²) in [5.74, 6) is -2.51. The molecule has 2 heterocycles. The average molecular weight is 235 g/mol. The number of nitrogens with one attached hydrogen (secondary N) is 1. The predicted octanol–water partition coefficient (Wildman–Crippen LogP) is 0.670. The Labute approximate surface area is 95.4 Å². The van der Waals surface area contributed by atoms with Gasteiger partial charge in [0.1, 0.15) is 6.33 Å². The van der Waals surface area contributed by atoms with E-state index in [9.17, 15) is 9.59 Å². The number of carbonyl (C=O) groups is 2. The fourth-order valence-corrected chi connectivity index (χ4v) is 0.935. The van der Waals surface area contributed by atoms with Gasteiger partial charge in [0.25, 0.3) is 0 Å². The van der Waals surface area contributed by atoms with Crippen LogP contribution in [0.25, 0.3) is 10.9 Å². The number of carboxylic acids is 2. The van der Waals surface area contributed by atoms with E-state index in [2.05, 4.69) is 15.0 Å². The third-order valence-corrected chi connectivity index (χ3v) is 1.60. The molecule has 0 aromatic carbocycles. The van der Waals surface area contributed by atoms with Crippen LogP contribution >= 0.6 is 0 Å². The van der Waals surface area contributed by atoms with Gasteiger partial charge in [0.05, 0.1) is 5.52 Å². The van der Waals surface area contributed by atoms with Crippen molar-refractivity contribution in [3.05, 3.63) is 37.1 Å². The van der Waals surface area contributed by atoms with Crippen molar-refractivity contribution in [3.63, 3.8) is 0 Å². The fourth-order valence-electron chi connectivity index (χ4n) is 0.935. The Morgan fingerprint density at radius 2 is 1.82 bits per heavy atom. The third-order valence-electron chi connectivity index (χ3n) is 1.60. The average Bonchev–Trinajstić information content (AvgIpc) is 2.75. The maximum absolute atomic E-state index is 9.55. The summed E-state index contributed by atoms with van der Waals surface area (Å²) in [4.78, 5) is 29.9. The lowest BCUT2D eigenvalue weighted by Gasteiger charge is -1.80. The first-order valence-electron chi connectivity index (χ1n) is 4.46. The molecular weight excluding hydrogens is 226 g/mol. The standard InChI is InChI=1S/C6H5N3.C4H4O4/c1-5-2-8-4-9-6(5)3-7-1;5-3(6)1-2-4(7)8/h1-4,7H;1-2H,(H,5,6)(H,7,8)/b;2-1-. The Balaban J connectivity index is 0.000000172. The van der Waals surface area contributed by atoms with E-state index in [0.29, 0.717) is 12.2 Å². The maximum atomic E-state index is 9.55. The molecule has 7 heteroatoms. The molecule has 0 aliphatic carbocycles. The highest BCUT2D eigenvalue weighted by Crippen LogP contribution is 2.04. The van der Waals surface area contributed by atoms with Crippen molar-refractivity contribution in [3.8, 4) is 0 Å². The number of nitrogens with zero attached hydrogens (tertiary/aromatic N) is 2. The molecule has 2 rings (SSSR count). The first-order chi connectivity index (χ1) is 8.09. The maximum Gasteiger partial charge on any atom is 0.328 e. The smallest absolute Gasteiger partial charge is 0.328 e. The van der Waals surface area contributed by atoms with E-state index in [1.807, 2.05) is 12.4 Å². The molecule has 0 fully saturated rings. The van der Waals surface area contributed by atoms with Crippen LogP contribution in [-0.2, 0) is 9.59 Å². The van der Waals surface area contributed by atoms with E-state index in [1.54, 1.807) is 6.20 Å². The molecule has 7 nitrogen and oxygen atoms in total. The minimum atomic E-state index is -1.26. The molecule has 17 heavy (non-hydrogen) atoms. The topological polar surface area (TPSA) is 116 Å². The van der Waals surface area contributed by atoms with Crippen LogP contribution in [0.2, 0.25) is 0 Å². The molecule has 0 spiro atoms. The van der Waals surface area contributed by atoms with Gasteiger partial charge in [-0.3, -0.25) is 0 Å². The zero-order valence-electron chi connectivity index (χ0n) is 8.57. The van der Waals surface area contributed by atoms with Crippen LogP contribution in [0.5, 0.6) is 0 Å². The second-order valence-corrected chi connectivity index (χ2v) is 2.83. The van der Waals surface area contributed by atoms with E-state index < -0.39 is 11.9 Å². The highest BCUT2D eigenvalue weighted by molar-refractivity contribution is 5.89. The van der Waals surface area contributed by atoms with Crippen molar-refractivity contribution in [2.75, 3.05) is 0 Å². The number of aromatic nitrogens is 3. The van der Waals surface area contributed by atoms with E-state index in [0.717, 1.165) is 10.9 Å². The van der Waals surface area contributed by atoms with Gasteiger partial charge in [0, 0.05) is 36.1 Å². The number of aliphatic carboxylic acids is 2. The Hall–Kier alpha value is -2.70. The zero-order valence-corrected chi connectivity index (χ0v) is 8.57. The number of fused-ring (bicyclic) bond motifs is 1. The molecule has 0 aliphatic rings. The minimum Gasteiger partial charge on any atom is -0.478 e. The normalized spacial score (nSPS) is 9.88. The summed E-state index contributed by atoms with van der Waals surface area (Å²) in [6, 6.07) is 0. The summed E-state index contributed by atoms with van der Waals surface area (Å²) >= 11 is 0. The largest absolute Gasteiger partial charge is 0.478 e. The summed E-state index contributed by atoms with van der Waals surface area (Å²) in [6.07, 6.45) is 8.14. The lowest BCUT2D eigenvalue weighted by Crippen LogP contribution is -1.91. The molecule has 0 saturated carbocycles. The van der Waals surface area contributed by atoms with Crippen LogP contribution in [0.3, 0.4) is 0 Å². The second-order valence-electron chi connectivity index (χ2n) is 2.83. The molecular formula is C10H9N3O4. The van der Waals surface area contributed by atoms with E-state index >= 15 is 0 Å². The van der Waals surface area contributed by atoms with Crippen LogP contribution in [0.1, 0.15) is 0 Å². The van der Waals surface area contributed by atoms with Gasteiger partial charge in [-0.1, -0.05) is 0 Å². The Morgan fingerprint density at radius 3 is 2.35 bits per heavy atom. The Kier molecular flexibility index (Phi) is 4.37. The van der Waals surface area contributed by atoms with E-state index in [-0.39, 0.29) is 0 Å². The van der Waals surface area contributed by atoms with Gasteiger partial charge in [0.15, 0.2) is 0 Å². The van der Waals surface area contributed by atoms with Gasteiger partial charge in [-0.2, -0.15) is 0 Å². The number of rotatable bonds is 2. The summed E-state index contributed by atoms with van der Waals surface area (Å²) in [6.45, 7) is 0.